The Balaban J connectivity index is 1.88. The molecule has 190 valence electrons. The molecule has 0 saturated carbocycles. The number of methoxy groups -OCH3 is 1. The highest BCUT2D eigenvalue weighted by molar-refractivity contribution is 7.98. The summed E-state index contributed by atoms with van der Waals surface area (Å²) in [7, 11) is 1.67. The lowest BCUT2D eigenvalue weighted by Crippen LogP contribution is -2.46. The minimum Gasteiger partial charge on any atom is -0.497 e. The predicted octanol–water partition coefficient (Wildman–Crippen LogP) is 3.36. The van der Waals surface area contributed by atoms with Crippen LogP contribution >= 0.6 is 11.8 Å². The Morgan fingerprint density at radius 2 is 1.89 bits per heavy atom. The average molecular weight is 499 g/mol. The molecule has 2 N–H and O–H groups in total. The van der Waals surface area contributed by atoms with Crippen LogP contribution < -0.4 is 15.4 Å². The number of hydrogen-bond donors (Lipinski definition) is 1. The van der Waals surface area contributed by atoms with Crippen molar-refractivity contribution >= 4 is 29.3 Å². The maximum atomic E-state index is 13.4. The van der Waals surface area contributed by atoms with Crippen LogP contribution in [0.3, 0.4) is 0 Å². The minimum atomic E-state index is -0.532. The first-order valence-electron chi connectivity index (χ1n) is 12.2. The number of nitrogens with zero attached hydrogens (tertiary/aromatic N) is 3. The topological polar surface area (TPSA) is 79.1 Å². The van der Waals surface area contributed by atoms with Crippen molar-refractivity contribution in [2.24, 2.45) is 5.73 Å². The third-order valence-corrected chi connectivity index (χ3v) is 7.01. The molecule has 1 aliphatic rings. The minimum absolute atomic E-state index is 0.00518. The Hall–Kier alpha value is -2.55. The van der Waals surface area contributed by atoms with E-state index in [1.165, 1.54) is 0 Å². The van der Waals surface area contributed by atoms with E-state index in [1.54, 1.807) is 25.8 Å². The Kier molecular flexibility index (Phi) is 10.4. The number of anilines is 1. The van der Waals surface area contributed by atoms with Crippen LogP contribution in [0, 0.1) is 0 Å². The van der Waals surface area contributed by atoms with E-state index in [9.17, 15) is 9.59 Å². The summed E-state index contributed by atoms with van der Waals surface area (Å²) < 4.78 is 5.39. The van der Waals surface area contributed by atoms with Crippen LogP contribution in [0.2, 0.25) is 0 Å². The number of para-hydroxylation sites is 1. The van der Waals surface area contributed by atoms with E-state index in [0.29, 0.717) is 26.1 Å². The van der Waals surface area contributed by atoms with Crippen LogP contribution in [0.25, 0.3) is 0 Å². The summed E-state index contributed by atoms with van der Waals surface area (Å²) in [6.07, 6.45) is 3.50. The first kappa shape index (κ1) is 27.0. The number of fused-ring (bicyclic) bond motifs is 1. The van der Waals surface area contributed by atoms with Gasteiger partial charge in [-0.05, 0) is 54.2 Å². The monoisotopic (exact) mass is 498 g/mol. The fourth-order valence-electron chi connectivity index (χ4n) is 4.44. The predicted molar refractivity (Wildman–Crippen MR) is 144 cm³/mol. The molecule has 1 aliphatic heterocycles. The second-order valence-corrected chi connectivity index (χ2v) is 9.91. The standard InChI is InChI=1S/C27H38N4O3S/c1-21(32)31-14-7-13-29(19-22-8-6-10-24(18-22)34-2)15-16-30(27(33)25(28)12-17-35-3)20-23-9-4-5-11-26(23)31/h4-6,8-11,18,25H,7,12-17,19-20,28H2,1-3H3/t25-/m0/s1. The van der Waals surface area contributed by atoms with Gasteiger partial charge in [-0.1, -0.05) is 30.3 Å². The second kappa shape index (κ2) is 13.5. The lowest BCUT2D eigenvalue weighted by atomic mass is 10.1. The van der Waals surface area contributed by atoms with Gasteiger partial charge in [-0.2, -0.15) is 11.8 Å². The lowest BCUT2D eigenvalue weighted by Gasteiger charge is -2.30. The van der Waals surface area contributed by atoms with Crippen LogP contribution in [0.4, 0.5) is 5.69 Å². The summed E-state index contributed by atoms with van der Waals surface area (Å²) in [6, 6.07) is 15.4. The molecule has 8 heteroatoms. The molecule has 1 heterocycles. The van der Waals surface area contributed by atoms with Gasteiger partial charge in [-0.15, -0.1) is 0 Å². The highest BCUT2D eigenvalue weighted by Crippen LogP contribution is 2.24. The molecule has 0 spiro atoms. The number of carbonyl (C=O) groups is 2. The molecular weight excluding hydrogens is 460 g/mol. The zero-order valence-corrected chi connectivity index (χ0v) is 21.9. The van der Waals surface area contributed by atoms with E-state index in [-0.39, 0.29) is 11.8 Å². The van der Waals surface area contributed by atoms with E-state index >= 15 is 0 Å². The maximum Gasteiger partial charge on any atom is 0.239 e. The van der Waals surface area contributed by atoms with E-state index in [4.69, 9.17) is 10.5 Å². The molecule has 35 heavy (non-hydrogen) atoms. The Labute approximate surface area is 213 Å². The normalized spacial score (nSPS) is 16.2. The molecule has 0 aliphatic carbocycles. The smallest absolute Gasteiger partial charge is 0.239 e. The van der Waals surface area contributed by atoms with Gasteiger partial charge < -0.3 is 20.3 Å². The SMILES string of the molecule is COc1cccc(CN2CCCN(C(C)=O)c3ccccc3CN(C(=O)[C@@H](N)CCSC)CC2)c1. The fourth-order valence-corrected chi connectivity index (χ4v) is 4.93. The number of amides is 2. The molecule has 1 atom stereocenters. The fraction of sp³-hybridized carbons (Fsp3) is 0.481. The van der Waals surface area contributed by atoms with Gasteiger partial charge in [-0.25, -0.2) is 0 Å². The van der Waals surface area contributed by atoms with Gasteiger partial charge in [0.2, 0.25) is 11.8 Å². The zero-order chi connectivity index (χ0) is 25.2. The lowest BCUT2D eigenvalue weighted by molar-refractivity contribution is -0.133. The first-order valence-corrected chi connectivity index (χ1v) is 13.6. The van der Waals surface area contributed by atoms with Crippen molar-refractivity contribution in [3.8, 4) is 5.75 Å². The first-order chi connectivity index (χ1) is 16.9. The molecule has 2 amide bonds. The Morgan fingerprint density at radius 3 is 2.63 bits per heavy atom. The van der Waals surface area contributed by atoms with Gasteiger partial charge >= 0.3 is 0 Å². The number of ether oxygens (including phenoxy) is 1. The van der Waals surface area contributed by atoms with Crippen LogP contribution in [0.5, 0.6) is 5.75 Å². The largest absolute Gasteiger partial charge is 0.497 e. The van der Waals surface area contributed by atoms with Crippen molar-refractivity contribution in [3.05, 3.63) is 59.7 Å². The van der Waals surface area contributed by atoms with Crippen LogP contribution in [-0.2, 0) is 22.7 Å². The van der Waals surface area contributed by atoms with E-state index in [0.717, 1.165) is 54.4 Å². The van der Waals surface area contributed by atoms with Crippen molar-refractivity contribution in [1.82, 2.24) is 9.80 Å². The highest BCUT2D eigenvalue weighted by Gasteiger charge is 2.25. The van der Waals surface area contributed by atoms with E-state index in [1.807, 2.05) is 58.5 Å². The van der Waals surface area contributed by atoms with Gasteiger partial charge in [0.1, 0.15) is 5.75 Å². The van der Waals surface area contributed by atoms with Crippen LogP contribution in [-0.4, -0.2) is 73.0 Å². The highest BCUT2D eigenvalue weighted by atomic mass is 32.2. The van der Waals surface area contributed by atoms with Gasteiger partial charge in [0.05, 0.1) is 13.2 Å². The average Bonchev–Trinajstić information content (AvgIpc) is 2.90. The van der Waals surface area contributed by atoms with E-state index in [2.05, 4.69) is 11.0 Å². The summed E-state index contributed by atoms with van der Waals surface area (Å²) >= 11 is 1.69. The molecule has 0 fully saturated rings. The van der Waals surface area contributed by atoms with Gasteiger partial charge in [0.25, 0.3) is 0 Å². The zero-order valence-electron chi connectivity index (χ0n) is 21.1. The molecule has 0 radical (unpaired) electrons. The van der Waals surface area contributed by atoms with Crippen molar-refractivity contribution in [2.45, 2.75) is 38.9 Å². The molecule has 7 nitrogen and oxygen atoms in total. The van der Waals surface area contributed by atoms with Crippen molar-refractivity contribution in [1.29, 1.82) is 0 Å². The number of hydrogen-bond acceptors (Lipinski definition) is 6. The third kappa shape index (κ3) is 7.72. The maximum absolute atomic E-state index is 13.4. The second-order valence-electron chi connectivity index (χ2n) is 8.93. The molecule has 0 aromatic heterocycles. The Morgan fingerprint density at radius 1 is 1.09 bits per heavy atom. The van der Waals surface area contributed by atoms with Gasteiger partial charge in [0.15, 0.2) is 0 Å². The van der Waals surface area contributed by atoms with Gasteiger partial charge in [-0.3, -0.25) is 14.5 Å². The molecular formula is C27H38N4O3S. The summed E-state index contributed by atoms with van der Waals surface area (Å²) in [5.41, 5.74) is 9.31. The molecule has 2 aromatic rings. The van der Waals surface area contributed by atoms with Crippen LogP contribution in [0.1, 0.15) is 30.9 Å². The number of rotatable bonds is 7. The molecule has 0 bridgehead atoms. The molecule has 0 unspecified atom stereocenters. The van der Waals surface area contributed by atoms with Crippen molar-refractivity contribution in [3.63, 3.8) is 0 Å². The Bertz CT molecular complexity index is 986. The number of carbonyl (C=O) groups excluding carboxylic acids is 2. The van der Waals surface area contributed by atoms with Crippen molar-refractivity contribution < 1.29 is 14.3 Å². The third-order valence-electron chi connectivity index (χ3n) is 6.37. The number of thioether (sulfide) groups is 1. The molecule has 0 saturated heterocycles. The summed E-state index contributed by atoms with van der Waals surface area (Å²) in [4.78, 5) is 32.0. The molecule has 3 rings (SSSR count). The van der Waals surface area contributed by atoms with E-state index < -0.39 is 6.04 Å². The quantitative estimate of drug-likeness (QED) is 0.631. The van der Waals surface area contributed by atoms with Crippen LogP contribution in [0.15, 0.2) is 48.5 Å². The van der Waals surface area contributed by atoms with Gasteiger partial charge in [0, 0.05) is 51.9 Å². The number of benzene rings is 2. The molecule has 2 aromatic carbocycles. The summed E-state index contributed by atoms with van der Waals surface area (Å²) in [5, 5.41) is 0. The summed E-state index contributed by atoms with van der Waals surface area (Å²) in [5.74, 6) is 1.64. The summed E-state index contributed by atoms with van der Waals surface area (Å²) in [6.45, 7) is 5.51. The number of nitrogens with two attached hydrogens (primary N) is 1. The van der Waals surface area contributed by atoms with Crippen molar-refractivity contribution in [2.75, 3.05) is 50.2 Å².